The lowest BCUT2D eigenvalue weighted by Gasteiger charge is -2.05. The number of nitrogens with one attached hydrogen (secondary N) is 2. The molecule has 0 aliphatic carbocycles. The molecule has 0 bridgehead atoms. The van der Waals surface area contributed by atoms with Gasteiger partial charge in [-0.1, -0.05) is 6.92 Å². The van der Waals surface area contributed by atoms with E-state index in [0.717, 1.165) is 24.4 Å². The second-order valence-corrected chi connectivity index (χ2v) is 4.59. The van der Waals surface area contributed by atoms with Crippen LogP contribution in [0.25, 0.3) is 0 Å². The number of halogens is 1. The fraction of sp³-hybridized carbons (Fsp3) is 0.273. The summed E-state index contributed by atoms with van der Waals surface area (Å²) in [4.78, 5) is 25.4. The lowest BCUT2D eigenvalue weighted by molar-refractivity contribution is 0.579. The lowest BCUT2D eigenvalue weighted by Crippen LogP contribution is -2.07. The summed E-state index contributed by atoms with van der Waals surface area (Å²) in [5.74, 6) is -0.206. The maximum atomic E-state index is 13.6. The minimum Gasteiger partial charge on any atom is -0.354 e. The molecule has 0 saturated heterocycles. The van der Waals surface area contributed by atoms with Crippen LogP contribution in [-0.4, -0.2) is 26.5 Å². The van der Waals surface area contributed by atoms with Gasteiger partial charge in [0.15, 0.2) is 11.0 Å². The van der Waals surface area contributed by atoms with Crippen molar-refractivity contribution < 1.29 is 4.39 Å². The summed E-state index contributed by atoms with van der Waals surface area (Å²) in [6, 6.07) is 1.29. The molecule has 0 aromatic carbocycles. The first kappa shape index (κ1) is 13.5. The molecule has 2 aromatic heterocycles. The van der Waals surface area contributed by atoms with Gasteiger partial charge < -0.3 is 10.3 Å². The van der Waals surface area contributed by atoms with Gasteiger partial charge in [-0.15, -0.1) is 0 Å². The minimum absolute atomic E-state index is 0.114. The maximum absolute atomic E-state index is 13.6. The standard InChI is InChI=1S/C11H12FN5OS/c1-2-4-13-10-15-6-7(12)9(17-10)19-11-14-5-3-8(18)16-11/h3,5-6H,2,4H2,1H3,(H,13,15,17)(H,14,16,18). The molecular formula is C11H12FN5OS. The average Bonchev–Trinajstić information content (AvgIpc) is 2.40. The zero-order chi connectivity index (χ0) is 13.7. The number of nitrogens with zero attached hydrogens (tertiary/aromatic N) is 3. The minimum atomic E-state index is -0.557. The first-order valence-corrected chi connectivity index (χ1v) is 6.50. The van der Waals surface area contributed by atoms with E-state index >= 15 is 0 Å². The summed E-state index contributed by atoms with van der Waals surface area (Å²) in [7, 11) is 0. The molecule has 0 saturated carbocycles. The highest BCUT2D eigenvalue weighted by Crippen LogP contribution is 2.24. The number of hydrogen-bond acceptors (Lipinski definition) is 6. The molecule has 0 unspecified atom stereocenters. The Morgan fingerprint density at radius 2 is 2.32 bits per heavy atom. The van der Waals surface area contributed by atoms with Gasteiger partial charge in [0.1, 0.15) is 5.03 Å². The van der Waals surface area contributed by atoms with E-state index in [2.05, 4.69) is 25.3 Å². The number of hydrogen-bond donors (Lipinski definition) is 2. The van der Waals surface area contributed by atoms with Gasteiger partial charge in [0, 0.05) is 18.8 Å². The molecule has 0 amide bonds. The fourth-order valence-electron chi connectivity index (χ4n) is 1.24. The summed E-state index contributed by atoms with van der Waals surface area (Å²) in [6.07, 6.45) is 3.36. The van der Waals surface area contributed by atoms with E-state index in [4.69, 9.17) is 0 Å². The van der Waals surface area contributed by atoms with Crippen LogP contribution in [0.5, 0.6) is 0 Å². The normalized spacial score (nSPS) is 10.4. The summed E-state index contributed by atoms with van der Waals surface area (Å²) in [5, 5.41) is 3.36. The SMILES string of the molecule is CCCNc1ncc(F)c(Sc2nccc(=O)[nH]2)n1. The highest BCUT2D eigenvalue weighted by atomic mass is 32.2. The highest BCUT2D eigenvalue weighted by molar-refractivity contribution is 7.99. The van der Waals surface area contributed by atoms with E-state index in [0.29, 0.717) is 12.5 Å². The molecule has 2 aromatic rings. The number of rotatable bonds is 5. The van der Waals surface area contributed by atoms with Crippen LogP contribution in [0.3, 0.4) is 0 Å². The molecule has 0 radical (unpaired) electrons. The second-order valence-electron chi connectivity index (χ2n) is 3.61. The van der Waals surface area contributed by atoms with Crippen LogP contribution < -0.4 is 10.9 Å². The van der Waals surface area contributed by atoms with Gasteiger partial charge in [-0.25, -0.2) is 19.3 Å². The van der Waals surface area contributed by atoms with Crippen molar-refractivity contribution in [3.8, 4) is 0 Å². The molecule has 6 nitrogen and oxygen atoms in total. The monoisotopic (exact) mass is 281 g/mol. The van der Waals surface area contributed by atoms with Gasteiger partial charge in [0.2, 0.25) is 5.95 Å². The van der Waals surface area contributed by atoms with Crippen LogP contribution in [0.15, 0.2) is 33.4 Å². The molecule has 0 atom stereocenters. The van der Waals surface area contributed by atoms with E-state index in [1.807, 2.05) is 6.92 Å². The third-order valence-corrected chi connectivity index (χ3v) is 2.97. The highest BCUT2D eigenvalue weighted by Gasteiger charge is 2.10. The zero-order valence-electron chi connectivity index (χ0n) is 10.2. The summed E-state index contributed by atoms with van der Waals surface area (Å²) in [6.45, 7) is 2.71. The Bertz CT molecular complexity index is 618. The van der Waals surface area contributed by atoms with Crippen molar-refractivity contribution in [2.24, 2.45) is 0 Å². The predicted octanol–water partition coefficient (Wildman–Crippen LogP) is 1.67. The van der Waals surface area contributed by atoms with Gasteiger partial charge in [-0.05, 0) is 18.2 Å². The summed E-state index contributed by atoms with van der Waals surface area (Å²) in [5.41, 5.74) is -0.295. The van der Waals surface area contributed by atoms with Crippen molar-refractivity contribution in [1.29, 1.82) is 0 Å². The van der Waals surface area contributed by atoms with Crippen molar-refractivity contribution >= 4 is 17.7 Å². The molecule has 100 valence electrons. The van der Waals surface area contributed by atoms with Crippen LogP contribution in [0.1, 0.15) is 13.3 Å². The molecule has 2 rings (SSSR count). The van der Waals surface area contributed by atoms with E-state index in [1.54, 1.807) is 0 Å². The molecule has 0 aliphatic heterocycles. The first-order chi connectivity index (χ1) is 9.19. The fourth-order valence-corrected chi connectivity index (χ4v) is 1.97. The summed E-state index contributed by atoms with van der Waals surface area (Å²) >= 11 is 0.943. The van der Waals surface area contributed by atoms with Crippen LogP contribution in [0, 0.1) is 5.82 Å². The van der Waals surface area contributed by atoms with Gasteiger partial charge >= 0.3 is 0 Å². The maximum Gasteiger partial charge on any atom is 0.251 e. The van der Waals surface area contributed by atoms with Crippen molar-refractivity contribution in [2.45, 2.75) is 23.5 Å². The molecule has 0 fully saturated rings. The largest absolute Gasteiger partial charge is 0.354 e. The third-order valence-electron chi connectivity index (χ3n) is 2.09. The number of aromatic nitrogens is 4. The van der Waals surface area contributed by atoms with Crippen LogP contribution in [0.4, 0.5) is 10.3 Å². The molecule has 0 spiro atoms. The van der Waals surface area contributed by atoms with Crippen molar-refractivity contribution in [3.05, 3.63) is 34.6 Å². The number of anilines is 1. The Hall–Kier alpha value is -1.96. The Kier molecular flexibility index (Phi) is 4.45. The van der Waals surface area contributed by atoms with Crippen molar-refractivity contribution in [2.75, 3.05) is 11.9 Å². The molecule has 19 heavy (non-hydrogen) atoms. The molecule has 0 aliphatic rings. The average molecular weight is 281 g/mol. The zero-order valence-corrected chi connectivity index (χ0v) is 11.0. The number of H-pyrrole nitrogens is 1. The Morgan fingerprint density at radius 3 is 3.05 bits per heavy atom. The van der Waals surface area contributed by atoms with E-state index in [9.17, 15) is 9.18 Å². The van der Waals surface area contributed by atoms with E-state index < -0.39 is 5.82 Å². The third kappa shape index (κ3) is 3.75. The quantitative estimate of drug-likeness (QED) is 0.640. The molecule has 2 heterocycles. The lowest BCUT2D eigenvalue weighted by atomic mass is 10.5. The summed E-state index contributed by atoms with van der Waals surface area (Å²) < 4.78 is 13.6. The topological polar surface area (TPSA) is 83.6 Å². The van der Waals surface area contributed by atoms with Gasteiger partial charge in [0.05, 0.1) is 6.20 Å². The van der Waals surface area contributed by atoms with Gasteiger partial charge in [-0.3, -0.25) is 4.79 Å². The first-order valence-electron chi connectivity index (χ1n) is 5.68. The van der Waals surface area contributed by atoms with Crippen molar-refractivity contribution in [3.63, 3.8) is 0 Å². The Balaban J connectivity index is 2.21. The molecule has 8 heteroatoms. The molecular weight excluding hydrogens is 269 g/mol. The second kappa shape index (κ2) is 6.28. The van der Waals surface area contributed by atoms with Crippen LogP contribution in [0.2, 0.25) is 0 Å². The number of aromatic amines is 1. The van der Waals surface area contributed by atoms with Crippen LogP contribution >= 0.6 is 11.8 Å². The van der Waals surface area contributed by atoms with E-state index in [1.165, 1.54) is 12.3 Å². The van der Waals surface area contributed by atoms with Crippen molar-refractivity contribution in [1.82, 2.24) is 19.9 Å². The Labute approximate surface area is 112 Å². The van der Waals surface area contributed by atoms with Crippen LogP contribution in [-0.2, 0) is 0 Å². The van der Waals surface area contributed by atoms with Gasteiger partial charge in [-0.2, -0.15) is 0 Å². The van der Waals surface area contributed by atoms with Gasteiger partial charge in [0.25, 0.3) is 5.56 Å². The predicted molar refractivity (Wildman–Crippen MR) is 69.8 cm³/mol. The van der Waals surface area contributed by atoms with E-state index in [-0.39, 0.29) is 15.7 Å². The Morgan fingerprint density at radius 1 is 1.47 bits per heavy atom. The smallest absolute Gasteiger partial charge is 0.251 e. The molecule has 2 N–H and O–H groups in total.